The van der Waals surface area contributed by atoms with Crippen molar-refractivity contribution in [2.75, 3.05) is 6.54 Å². The van der Waals surface area contributed by atoms with Gasteiger partial charge in [-0.15, -0.1) is 0 Å². The molecule has 1 aromatic carbocycles. The molecule has 1 aliphatic carbocycles. The number of aliphatic hydroxyl groups excluding tert-OH is 1. The Bertz CT molecular complexity index is 1030. The van der Waals surface area contributed by atoms with E-state index in [0.29, 0.717) is 25.9 Å². The third-order valence-electron chi connectivity index (χ3n) is 6.29. The largest absolute Gasteiger partial charge is 0.384 e. The summed E-state index contributed by atoms with van der Waals surface area (Å²) < 4.78 is 1.60. The molecule has 2 aliphatic rings. The summed E-state index contributed by atoms with van der Waals surface area (Å²) in [7, 11) is 0. The number of hydrogen-bond donors (Lipinski definition) is 2. The van der Waals surface area contributed by atoms with Crippen LogP contribution >= 0.6 is 0 Å². The van der Waals surface area contributed by atoms with Crippen LogP contribution in [0.3, 0.4) is 0 Å². The van der Waals surface area contributed by atoms with Gasteiger partial charge in [0.1, 0.15) is 11.7 Å². The highest BCUT2D eigenvalue weighted by atomic mass is 16.3. The average molecular weight is 424 g/mol. The van der Waals surface area contributed by atoms with E-state index < -0.39 is 6.10 Å². The fraction of sp³-hybridized carbons (Fsp3) is 0.458. The summed E-state index contributed by atoms with van der Waals surface area (Å²) in [6, 6.07) is 10.0. The van der Waals surface area contributed by atoms with E-state index in [4.69, 9.17) is 0 Å². The zero-order valence-electron chi connectivity index (χ0n) is 17.8. The monoisotopic (exact) mass is 423 g/mol. The lowest BCUT2D eigenvalue weighted by molar-refractivity contribution is -0.140. The Morgan fingerprint density at radius 1 is 1.23 bits per heavy atom. The van der Waals surface area contributed by atoms with Crippen molar-refractivity contribution in [2.45, 2.75) is 64.3 Å². The number of aliphatic hydroxyl groups is 1. The fourth-order valence-corrected chi connectivity index (χ4v) is 4.27. The molecule has 2 aromatic rings. The number of hydrogen-bond acceptors (Lipinski definition) is 4. The van der Waals surface area contributed by atoms with E-state index >= 15 is 0 Å². The standard InChI is InChI=1S/C24H29N3O4/c1-16(28)23(30)26-13-11-20-18(14-26)15-27(12-10-17-6-3-2-4-7-17)24(31)21(20)22(29)25-19-8-5-9-19/h2-4,6-7,15-16,19,28H,5,8-14H2,1H3,(H,25,29)/t16-/m1/s1. The molecule has 164 valence electrons. The van der Waals surface area contributed by atoms with Gasteiger partial charge in [0, 0.05) is 31.9 Å². The van der Waals surface area contributed by atoms with Crippen LogP contribution in [0.4, 0.5) is 0 Å². The lowest BCUT2D eigenvalue weighted by Gasteiger charge is -2.32. The molecule has 2 N–H and O–H groups in total. The quantitative estimate of drug-likeness (QED) is 0.739. The number of fused-ring (bicyclic) bond motifs is 1. The van der Waals surface area contributed by atoms with E-state index in [2.05, 4.69) is 5.32 Å². The maximum atomic E-state index is 13.3. The molecule has 7 heteroatoms. The van der Waals surface area contributed by atoms with Gasteiger partial charge < -0.3 is 19.9 Å². The van der Waals surface area contributed by atoms with Crippen LogP contribution in [0.15, 0.2) is 41.3 Å². The topological polar surface area (TPSA) is 91.6 Å². The second-order valence-electron chi connectivity index (χ2n) is 8.53. The number of amides is 2. The molecule has 7 nitrogen and oxygen atoms in total. The zero-order chi connectivity index (χ0) is 22.0. The highest BCUT2D eigenvalue weighted by Gasteiger charge is 2.30. The predicted octanol–water partition coefficient (Wildman–Crippen LogP) is 1.64. The third kappa shape index (κ3) is 4.56. The average Bonchev–Trinajstić information content (AvgIpc) is 2.74. The van der Waals surface area contributed by atoms with Crippen LogP contribution in [0.25, 0.3) is 0 Å². The highest BCUT2D eigenvalue weighted by molar-refractivity contribution is 5.96. The minimum atomic E-state index is -1.08. The maximum Gasteiger partial charge on any atom is 0.263 e. The molecule has 0 radical (unpaired) electrons. The molecule has 0 saturated heterocycles. The second kappa shape index (κ2) is 9.06. The van der Waals surface area contributed by atoms with E-state index in [0.717, 1.165) is 36.0 Å². The fourth-order valence-electron chi connectivity index (χ4n) is 4.27. The molecule has 1 aromatic heterocycles. The van der Waals surface area contributed by atoms with Crippen LogP contribution in [0.1, 0.15) is 53.2 Å². The molecular formula is C24H29N3O4. The first-order valence-electron chi connectivity index (χ1n) is 11.0. The Balaban J connectivity index is 1.67. The van der Waals surface area contributed by atoms with Crippen molar-refractivity contribution < 1.29 is 14.7 Å². The maximum absolute atomic E-state index is 13.3. The molecule has 0 unspecified atom stereocenters. The van der Waals surface area contributed by atoms with E-state index in [1.165, 1.54) is 6.92 Å². The smallest absolute Gasteiger partial charge is 0.263 e. The summed E-state index contributed by atoms with van der Waals surface area (Å²) in [5.41, 5.74) is 2.57. The summed E-state index contributed by atoms with van der Waals surface area (Å²) in [5, 5.41) is 12.7. The molecule has 2 heterocycles. The van der Waals surface area contributed by atoms with Crippen molar-refractivity contribution in [1.29, 1.82) is 0 Å². The lowest BCUT2D eigenvalue weighted by Crippen LogP contribution is -2.46. The van der Waals surface area contributed by atoms with Gasteiger partial charge in [0.05, 0.1) is 0 Å². The van der Waals surface area contributed by atoms with E-state index in [-0.39, 0.29) is 35.5 Å². The second-order valence-corrected chi connectivity index (χ2v) is 8.53. The number of nitrogens with one attached hydrogen (secondary N) is 1. The Hall–Kier alpha value is -2.93. The summed E-state index contributed by atoms with van der Waals surface area (Å²) in [6.07, 6.45) is 4.78. The zero-order valence-corrected chi connectivity index (χ0v) is 17.8. The molecule has 0 spiro atoms. The van der Waals surface area contributed by atoms with Crippen molar-refractivity contribution in [3.63, 3.8) is 0 Å². The highest BCUT2D eigenvalue weighted by Crippen LogP contribution is 2.23. The normalized spacial score (nSPS) is 16.9. The Labute approximate surface area is 181 Å². The van der Waals surface area contributed by atoms with Crippen LogP contribution in [-0.2, 0) is 30.7 Å². The van der Waals surface area contributed by atoms with Crippen molar-refractivity contribution in [1.82, 2.24) is 14.8 Å². The molecule has 1 saturated carbocycles. The van der Waals surface area contributed by atoms with Crippen molar-refractivity contribution in [2.24, 2.45) is 0 Å². The van der Waals surface area contributed by atoms with Gasteiger partial charge >= 0.3 is 0 Å². The minimum Gasteiger partial charge on any atom is -0.384 e. The lowest BCUT2D eigenvalue weighted by atomic mass is 9.91. The predicted molar refractivity (Wildman–Crippen MR) is 117 cm³/mol. The number of pyridine rings is 1. The van der Waals surface area contributed by atoms with Crippen molar-refractivity contribution in [3.05, 3.63) is 69.1 Å². The summed E-state index contributed by atoms with van der Waals surface area (Å²) in [6.45, 7) is 2.57. The first kappa shape index (κ1) is 21.3. The summed E-state index contributed by atoms with van der Waals surface area (Å²) >= 11 is 0. The van der Waals surface area contributed by atoms with Crippen LogP contribution in [-0.4, -0.2) is 45.1 Å². The van der Waals surface area contributed by atoms with Crippen LogP contribution in [0.2, 0.25) is 0 Å². The third-order valence-corrected chi connectivity index (χ3v) is 6.29. The first-order chi connectivity index (χ1) is 14.9. The summed E-state index contributed by atoms with van der Waals surface area (Å²) in [5.74, 6) is -0.650. The molecule has 0 bridgehead atoms. The van der Waals surface area contributed by atoms with Gasteiger partial charge in [0.25, 0.3) is 17.4 Å². The molecule has 1 atom stereocenters. The molecular weight excluding hydrogens is 394 g/mol. The number of aromatic nitrogens is 1. The number of carbonyl (C=O) groups is 2. The number of nitrogens with zero attached hydrogens (tertiary/aromatic N) is 2. The van der Waals surface area contributed by atoms with Gasteiger partial charge in [-0.2, -0.15) is 0 Å². The summed E-state index contributed by atoms with van der Waals surface area (Å²) in [4.78, 5) is 40.2. The van der Waals surface area contributed by atoms with Crippen LogP contribution < -0.4 is 10.9 Å². The van der Waals surface area contributed by atoms with Gasteiger partial charge in [0.2, 0.25) is 0 Å². The van der Waals surface area contributed by atoms with Gasteiger partial charge in [0.15, 0.2) is 0 Å². The van der Waals surface area contributed by atoms with Gasteiger partial charge in [-0.1, -0.05) is 30.3 Å². The van der Waals surface area contributed by atoms with Gasteiger partial charge in [-0.3, -0.25) is 14.4 Å². The number of benzene rings is 1. The molecule has 1 fully saturated rings. The number of carbonyl (C=O) groups excluding carboxylic acids is 2. The van der Waals surface area contributed by atoms with Crippen molar-refractivity contribution in [3.8, 4) is 0 Å². The van der Waals surface area contributed by atoms with Gasteiger partial charge in [-0.05, 0) is 55.7 Å². The minimum absolute atomic E-state index is 0.137. The van der Waals surface area contributed by atoms with E-state index in [9.17, 15) is 19.5 Å². The Morgan fingerprint density at radius 3 is 2.61 bits per heavy atom. The number of rotatable bonds is 6. The SMILES string of the molecule is C[C@@H](O)C(=O)N1CCc2c(cn(CCc3ccccc3)c(=O)c2C(=O)NC2CCC2)C1. The molecule has 4 rings (SSSR count). The Morgan fingerprint density at radius 2 is 1.97 bits per heavy atom. The van der Waals surface area contributed by atoms with Crippen LogP contribution in [0, 0.1) is 0 Å². The Kier molecular flexibility index (Phi) is 6.23. The van der Waals surface area contributed by atoms with E-state index in [1.807, 2.05) is 30.3 Å². The van der Waals surface area contributed by atoms with Gasteiger partial charge in [-0.25, -0.2) is 0 Å². The molecule has 31 heavy (non-hydrogen) atoms. The number of aryl methyl sites for hydroxylation is 2. The molecule has 2 amide bonds. The first-order valence-corrected chi connectivity index (χ1v) is 11.0. The van der Waals surface area contributed by atoms with Crippen LogP contribution in [0.5, 0.6) is 0 Å². The van der Waals surface area contributed by atoms with E-state index in [1.54, 1.807) is 15.7 Å². The molecule has 1 aliphatic heterocycles. The van der Waals surface area contributed by atoms with Crippen molar-refractivity contribution >= 4 is 11.8 Å².